The summed E-state index contributed by atoms with van der Waals surface area (Å²) in [6, 6.07) is 14.4. The summed E-state index contributed by atoms with van der Waals surface area (Å²) in [4.78, 5) is 16.3. The van der Waals surface area contributed by atoms with Crippen molar-refractivity contribution in [2.75, 3.05) is 20.2 Å². The molecule has 1 fully saturated rings. The Kier molecular flexibility index (Phi) is 8.47. The van der Waals surface area contributed by atoms with Crippen molar-refractivity contribution in [1.82, 2.24) is 35.4 Å². The number of piperidine rings is 1. The SMILES string of the molecule is COc1ccc(CN2CCC3(CCCn4cc(nn4)COc4ccccc4CNC3=O)CC2)cc1Cc1c(C)n[nH]c1C. The zero-order valence-electron chi connectivity index (χ0n) is 25.4. The Morgan fingerprint density at radius 1 is 1.07 bits per heavy atom. The third-order valence-corrected chi connectivity index (χ3v) is 9.11. The van der Waals surface area contributed by atoms with Gasteiger partial charge < -0.3 is 14.8 Å². The number of H-pyrrole nitrogens is 1. The molecule has 2 aromatic heterocycles. The lowest BCUT2D eigenvalue weighted by molar-refractivity contribution is -0.135. The van der Waals surface area contributed by atoms with E-state index in [2.05, 4.69) is 55.8 Å². The molecule has 2 aliphatic heterocycles. The minimum Gasteiger partial charge on any atom is -0.496 e. The highest BCUT2D eigenvalue weighted by molar-refractivity contribution is 5.82. The third-order valence-electron chi connectivity index (χ3n) is 9.11. The Labute approximate surface area is 252 Å². The van der Waals surface area contributed by atoms with Gasteiger partial charge in [-0.3, -0.25) is 19.5 Å². The topological polar surface area (TPSA) is 110 Å². The molecule has 1 spiro atoms. The molecule has 2 bridgehead atoms. The maximum absolute atomic E-state index is 13.9. The van der Waals surface area contributed by atoms with E-state index in [4.69, 9.17) is 9.47 Å². The first-order chi connectivity index (χ1) is 20.9. The smallest absolute Gasteiger partial charge is 0.226 e. The van der Waals surface area contributed by atoms with Crippen LogP contribution in [0.3, 0.4) is 0 Å². The molecule has 0 saturated carbocycles. The Bertz CT molecular complexity index is 1550. The summed E-state index contributed by atoms with van der Waals surface area (Å²) in [6.45, 7) is 8.18. The molecule has 2 N–H and O–H groups in total. The highest BCUT2D eigenvalue weighted by atomic mass is 16.5. The highest BCUT2D eigenvalue weighted by Crippen LogP contribution is 2.38. The molecule has 0 atom stereocenters. The van der Waals surface area contributed by atoms with E-state index >= 15 is 0 Å². The van der Waals surface area contributed by atoms with Gasteiger partial charge in [-0.1, -0.05) is 35.5 Å². The molecule has 4 aromatic rings. The molecule has 226 valence electrons. The van der Waals surface area contributed by atoms with Gasteiger partial charge in [-0.2, -0.15) is 5.10 Å². The predicted octanol–water partition coefficient (Wildman–Crippen LogP) is 4.49. The first kappa shape index (κ1) is 28.9. The van der Waals surface area contributed by atoms with Gasteiger partial charge in [0.05, 0.1) is 24.4 Å². The standard InChI is InChI=1S/C33H41N7O3/c1-23-29(24(2)36-35-23)18-27-17-25(9-10-30(27)42-3)20-39-15-12-33(13-16-39)11-6-14-40-21-28(37-38-40)22-43-31-8-5-4-7-26(31)19-34-32(33)41/h4-5,7-10,17,21H,6,11-16,18-20,22H2,1-3H3,(H,34,41)(H,35,36). The van der Waals surface area contributed by atoms with Crippen molar-refractivity contribution in [3.63, 3.8) is 0 Å². The molecular weight excluding hydrogens is 542 g/mol. The highest BCUT2D eigenvalue weighted by Gasteiger charge is 2.40. The minimum atomic E-state index is -0.415. The zero-order chi connectivity index (χ0) is 29.8. The van der Waals surface area contributed by atoms with E-state index in [0.29, 0.717) is 13.2 Å². The number of carbonyl (C=O) groups is 1. The molecule has 1 amide bonds. The summed E-state index contributed by atoms with van der Waals surface area (Å²) in [5.74, 6) is 1.79. The molecule has 1 saturated heterocycles. The molecule has 43 heavy (non-hydrogen) atoms. The second-order valence-corrected chi connectivity index (χ2v) is 11.9. The molecule has 0 aliphatic carbocycles. The van der Waals surface area contributed by atoms with Crippen molar-refractivity contribution in [1.29, 1.82) is 0 Å². The van der Waals surface area contributed by atoms with Crippen LogP contribution in [0.15, 0.2) is 48.7 Å². The number of methoxy groups -OCH3 is 1. The van der Waals surface area contributed by atoms with E-state index in [9.17, 15) is 4.79 Å². The van der Waals surface area contributed by atoms with E-state index in [1.165, 1.54) is 11.1 Å². The summed E-state index contributed by atoms with van der Waals surface area (Å²) in [7, 11) is 1.72. The summed E-state index contributed by atoms with van der Waals surface area (Å²) in [6.07, 6.45) is 6.03. The van der Waals surface area contributed by atoms with E-state index in [-0.39, 0.29) is 5.91 Å². The molecule has 4 heterocycles. The van der Waals surface area contributed by atoms with Gasteiger partial charge in [-0.05, 0) is 75.9 Å². The van der Waals surface area contributed by atoms with Crippen molar-refractivity contribution >= 4 is 5.91 Å². The van der Waals surface area contributed by atoms with E-state index in [1.54, 1.807) is 7.11 Å². The number of aromatic amines is 1. The number of aromatic nitrogens is 5. The number of aryl methyl sites for hydroxylation is 3. The van der Waals surface area contributed by atoms with Crippen LogP contribution < -0.4 is 14.8 Å². The number of nitrogens with one attached hydrogen (secondary N) is 2. The first-order valence-corrected chi connectivity index (χ1v) is 15.2. The van der Waals surface area contributed by atoms with Crippen LogP contribution in [0.5, 0.6) is 11.5 Å². The lowest BCUT2D eigenvalue weighted by Gasteiger charge is -2.41. The first-order valence-electron chi connectivity index (χ1n) is 15.2. The van der Waals surface area contributed by atoms with Gasteiger partial charge in [0.25, 0.3) is 0 Å². The molecule has 0 radical (unpaired) electrons. The normalized spacial score (nSPS) is 17.5. The number of para-hydroxylation sites is 1. The average molecular weight is 584 g/mol. The van der Waals surface area contributed by atoms with Crippen LogP contribution in [0, 0.1) is 19.3 Å². The van der Waals surface area contributed by atoms with Crippen LogP contribution >= 0.6 is 0 Å². The minimum absolute atomic E-state index is 0.135. The molecule has 2 aromatic carbocycles. The monoisotopic (exact) mass is 583 g/mol. The van der Waals surface area contributed by atoms with Gasteiger partial charge in [0.2, 0.25) is 5.91 Å². The molecule has 2 aliphatic rings. The summed E-state index contributed by atoms with van der Waals surface area (Å²) in [5, 5.41) is 19.3. The summed E-state index contributed by atoms with van der Waals surface area (Å²) >= 11 is 0. The van der Waals surface area contributed by atoms with Crippen LogP contribution in [-0.4, -0.2) is 56.2 Å². The Morgan fingerprint density at radius 3 is 2.70 bits per heavy atom. The van der Waals surface area contributed by atoms with Crippen molar-refractivity contribution in [3.8, 4) is 11.5 Å². The average Bonchev–Trinajstić information content (AvgIpc) is 3.61. The Hall–Kier alpha value is -4.18. The number of hydrogen-bond donors (Lipinski definition) is 2. The molecule has 6 rings (SSSR count). The number of benzene rings is 2. The van der Waals surface area contributed by atoms with Crippen LogP contribution in [0.2, 0.25) is 0 Å². The largest absolute Gasteiger partial charge is 0.496 e. The third kappa shape index (κ3) is 6.44. The van der Waals surface area contributed by atoms with Crippen molar-refractivity contribution in [2.45, 2.75) is 72.2 Å². The maximum Gasteiger partial charge on any atom is 0.226 e. The number of rotatable bonds is 5. The van der Waals surface area contributed by atoms with Gasteiger partial charge in [0.1, 0.15) is 23.8 Å². The number of ether oxygens (including phenoxy) is 2. The molecule has 10 nitrogen and oxygen atoms in total. The number of carbonyl (C=O) groups excluding carboxylic acids is 1. The van der Waals surface area contributed by atoms with Crippen molar-refractivity contribution < 1.29 is 14.3 Å². The van der Waals surface area contributed by atoms with Gasteiger partial charge in [0, 0.05) is 42.9 Å². The Balaban J connectivity index is 1.16. The predicted molar refractivity (Wildman–Crippen MR) is 163 cm³/mol. The molecular formula is C33H41N7O3. The molecule has 0 unspecified atom stereocenters. The summed E-state index contributed by atoms with van der Waals surface area (Å²) in [5.41, 5.74) is 7.08. The second-order valence-electron chi connectivity index (χ2n) is 11.9. The lowest BCUT2D eigenvalue weighted by atomic mass is 9.73. The van der Waals surface area contributed by atoms with Crippen LogP contribution in [-0.2, 0) is 37.5 Å². The number of likely N-dealkylation sites (tertiary alicyclic amines) is 1. The maximum atomic E-state index is 13.9. The second kappa shape index (κ2) is 12.6. The number of amides is 1. The van der Waals surface area contributed by atoms with Gasteiger partial charge >= 0.3 is 0 Å². The van der Waals surface area contributed by atoms with Crippen LogP contribution in [0.1, 0.15) is 65.0 Å². The van der Waals surface area contributed by atoms with Crippen molar-refractivity contribution in [3.05, 3.63) is 88.0 Å². The number of nitrogens with zero attached hydrogens (tertiary/aromatic N) is 5. The van der Waals surface area contributed by atoms with E-state index in [0.717, 1.165) is 98.0 Å². The van der Waals surface area contributed by atoms with Gasteiger partial charge in [-0.25, -0.2) is 0 Å². The van der Waals surface area contributed by atoms with Crippen LogP contribution in [0.4, 0.5) is 0 Å². The quantitative estimate of drug-likeness (QED) is 0.356. The van der Waals surface area contributed by atoms with E-state index < -0.39 is 5.41 Å². The fourth-order valence-corrected chi connectivity index (χ4v) is 6.48. The Morgan fingerprint density at radius 2 is 1.91 bits per heavy atom. The number of fused-ring (bicyclic) bond motifs is 3. The number of hydrogen-bond acceptors (Lipinski definition) is 7. The molecule has 10 heteroatoms. The van der Waals surface area contributed by atoms with E-state index in [1.807, 2.05) is 42.1 Å². The van der Waals surface area contributed by atoms with Crippen LogP contribution in [0.25, 0.3) is 0 Å². The van der Waals surface area contributed by atoms with Crippen molar-refractivity contribution in [2.24, 2.45) is 5.41 Å². The zero-order valence-corrected chi connectivity index (χ0v) is 25.4. The fraction of sp³-hybridized carbons (Fsp3) is 0.455. The van der Waals surface area contributed by atoms with Gasteiger partial charge in [0.15, 0.2) is 0 Å². The fourth-order valence-electron chi connectivity index (χ4n) is 6.48. The lowest BCUT2D eigenvalue weighted by Crippen LogP contribution is -2.48. The van der Waals surface area contributed by atoms with Gasteiger partial charge in [-0.15, -0.1) is 5.10 Å². The summed E-state index contributed by atoms with van der Waals surface area (Å²) < 4.78 is 13.6.